The van der Waals surface area contributed by atoms with Gasteiger partial charge in [0.15, 0.2) is 13.1 Å². The number of carbonyl (C=O) groups is 2. The van der Waals surface area contributed by atoms with Gasteiger partial charge in [-0.1, -0.05) is 30.3 Å². The van der Waals surface area contributed by atoms with E-state index in [1.165, 1.54) is 12.8 Å². The summed E-state index contributed by atoms with van der Waals surface area (Å²) in [5.41, 5.74) is 1.16. The fourth-order valence-electron chi connectivity index (χ4n) is 3.28. The molecule has 0 bridgehead atoms. The third kappa shape index (κ3) is 5.56. The number of quaternary nitrogens is 1. The zero-order valence-electron chi connectivity index (χ0n) is 15.3. The van der Waals surface area contributed by atoms with Crippen LogP contribution >= 0.6 is 0 Å². The van der Waals surface area contributed by atoms with Crippen molar-refractivity contribution in [2.24, 2.45) is 5.92 Å². The molecular weight excluding hydrogens is 314 g/mol. The predicted octanol–water partition coefficient (Wildman–Crippen LogP) is 0.607. The fourth-order valence-corrected chi connectivity index (χ4v) is 3.28. The van der Waals surface area contributed by atoms with Crippen LogP contribution < -0.4 is 10.2 Å². The van der Waals surface area contributed by atoms with E-state index in [0.29, 0.717) is 31.6 Å². The lowest BCUT2D eigenvalue weighted by atomic mass is 10.1. The highest BCUT2D eigenvalue weighted by atomic mass is 16.2. The molecular formula is C20H30N3O2+. The van der Waals surface area contributed by atoms with Gasteiger partial charge in [0.1, 0.15) is 0 Å². The Kier molecular flexibility index (Phi) is 5.74. The van der Waals surface area contributed by atoms with Crippen LogP contribution in [0, 0.1) is 5.92 Å². The third-order valence-electron chi connectivity index (χ3n) is 5.17. The smallest absolute Gasteiger partial charge is 0.278 e. The molecule has 0 radical (unpaired) electrons. The average Bonchev–Trinajstić information content (AvgIpc) is 3.45. The Bertz CT molecular complexity index is 596. The van der Waals surface area contributed by atoms with Gasteiger partial charge in [-0.2, -0.15) is 0 Å². The van der Waals surface area contributed by atoms with E-state index in [1.807, 2.05) is 30.1 Å². The van der Waals surface area contributed by atoms with Crippen LogP contribution in [0.4, 0.5) is 0 Å². The largest absolute Gasteiger partial charge is 0.348 e. The number of likely N-dealkylation sites (N-methyl/N-ethyl adjacent to an activating group) is 1. The Morgan fingerprint density at radius 2 is 1.84 bits per heavy atom. The summed E-state index contributed by atoms with van der Waals surface area (Å²) in [6, 6.07) is 10.8. The highest BCUT2D eigenvalue weighted by molar-refractivity contribution is 5.79. The number of amides is 2. The summed E-state index contributed by atoms with van der Waals surface area (Å²) in [5, 5.41) is 2.99. The van der Waals surface area contributed by atoms with Gasteiger partial charge in [0.2, 0.25) is 0 Å². The van der Waals surface area contributed by atoms with Crippen molar-refractivity contribution in [1.82, 2.24) is 10.2 Å². The maximum Gasteiger partial charge on any atom is 0.278 e. The first-order valence-corrected chi connectivity index (χ1v) is 9.47. The molecule has 5 nitrogen and oxygen atoms in total. The molecule has 2 aliphatic carbocycles. The summed E-state index contributed by atoms with van der Waals surface area (Å²) < 4.78 is 0. The highest BCUT2D eigenvalue weighted by Gasteiger charge is 2.35. The second kappa shape index (κ2) is 8.00. The fraction of sp³-hybridized carbons (Fsp3) is 0.600. The van der Waals surface area contributed by atoms with Gasteiger partial charge >= 0.3 is 0 Å². The summed E-state index contributed by atoms with van der Waals surface area (Å²) in [6.45, 7) is 3.54. The molecule has 2 saturated carbocycles. The van der Waals surface area contributed by atoms with E-state index in [9.17, 15) is 9.59 Å². The SMILES string of the molecule is C[C@@H](C1CC1)N(Cc1ccccc1)C(=O)C[NH+](C)CC(=O)NC1CC1. The Morgan fingerprint density at radius 3 is 2.44 bits per heavy atom. The average molecular weight is 344 g/mol. The molecule has 1 aromatic rings. The molecule has 136 valence electrons. The molecule has 0 aliphatic heterocycles. The Hall–Kier alpha value is -1.88. The number of hydrogen-bond donors (Lipinski definition) is 2. The molecule has 0 heterocycles. The van der Waals surface area contributed by atoms with Crippen molar-refractivity contribution in [3.63, 3.8) is 0 Å². The van der Waals surface area contributed by atoms with Crippen LogP contribution in [0.25, 0.3) is 0 Å². The molecule has 2 fully saturated rings. The van der Waals surface area contributed by atoms with E-state index >= 15 is 0 Å². The maximum atomic E-state index is 12.9. The molecule has 2 atom stereocenters. The topological polar surface area (TPSA) is 53.9 Å². The minimum atomic E-state index is 0.0534. The van der Waals surface area contributed by atoms with Crippen LogP contribution in [-0.4, -0.2) is 48.9 Å². The van der Waals surface area contributed by atoms with Crippen LogP contribution in [0.2, 0.25) is 0 Å². The van der Waals surface area contributed by atoms with Crippen molar-refractivity contribution in [2.45, 2.75) is 51.2 Å². The van der Waals surface area contributed by atoms with Crippen LogP contribution in [0.3, 0.4) is 0 Å². The van der Waals surface area contributed by atoms with Gasteiger partial charge < -0.3 is 15.1 Å². The van der Waals surface area contributed by atoms with E-state index in [1.54, 1.807) is 0 Å². The standard InChI is InChI=1S/C20H29N3O2/c1-15(17-8-9-17)23(12-16-6-4-3-5-7-16)20(25)14-22(2)13-19(24)21-18-10-11-18/h3-7,15,17-18H,8-14H2,1-2H3,(H,21,24)/p+1/t15-/m0/s1. The number of benzene rings is 1. The summed E-state index contributed by atoms with van der Waals surface area (Å²) >= 11 is 0. The molecule has 2 N–H and O–H groups in total. The van der Waals surface area contributed by atoms with E-state index in [2.05, 4.69) is 24.4 Å². The number of nitrogens with one attached hydrogen (secondary N) is 2. The Labute approximate surface area is 150 Å². The molecule has 2 amide bonds. The molecule has 0 aromatic heterocycles. The lowest BCUT2D eigenvalue weighted by molar-refractivity contribution is -0.863. The highest BCUT2D eigenvalue weighted by Crippen LogP contribution is 2.35. The second-order valence-corrected chi connectivity index (χ2v) is 7.74. The van der Waals surface area contributed by atoms with E-state index in [0.717, 1.165) is 23.3 Å². The molecule has 5 heteroatoms. The van der Waals surface area contributed by atoms with Crippen molar-refractivity contribution in [3.05, 3.63) is 35.9 Å². The first kappa shape index (κ1) is 17.9. The first-order chi connectivity index (χ1) is 12.0. The summed E-state index contributed by atoms with van der Waals surface area (Å²) in [6.07, 6.45) is 4.61. The second-order valence-electron chi connectivity index (χ2n) is 7.74. The minimum Gasteiger partial charge on any atom is -0.348 e. The minimum absolute atomic E-state index is 0.0534. The predicted molar refractivity (Wildman–Crippen MR) is 97.0 cm³/mol. The van der Waals surface area contributed by atoms with Gasteiger partial charge in [-0.3, -0.25) is 9.59 Å². The number of nitrogens with zero attached hydrogens (tertiary/aromatic N) is 1. The van der Waals surface area contributed by atoms with Gasteiger partial charge in [0.25, 0.3) is 11.8 Å². The number of carbonyl (C=O) groups excluding carboxylic acids is 2. The lowest BCUT2D eigenvalue weighted by Gasteiger charge is -2.30. The van der Waals surface area contributed by atoms with E-state index < -0.39 is 0 Å². The van der Waals surface area contributed by atoms with Crippen LogP contribution in [0.15, 0.2) is 30.3 Å². The number of rotatable bonds is 9. The quantitative estimate of drug-likeness (QED) is 0.690. The third-order valence-corrected chi connectivity index (χ3v) is 5.17. The van der Waals surface area contributed by atoms with Crippen molar-refractivity contribution in [3.8, 4) is 0 Å². The molecule has 25 heavy (non-hydrogen) atoms. The van der Waals surface area contributed by atoms with Gasteiger partial charge in [-0.25, -0.2) is 0 Å². The van der Waals surface area contributed by atoms with Gasteiger partial charge in [-0.05, 0) is 44.1 Å². The van der Waals surface area contributed by atoms with Gasteiger partial charge in [0.05, 0.1) is 7.05 Å². The zero-order valence-corrected chi connectivity index (χ0v) is 15.3. The Morgan fingerprint density at radius 1 is 1.16 bits per heavy atom. The van der Waals surface area contributed by atoms with Crippen molar-refractivity contribution in [2.75, 3.05) is 20.1 Å². The Balaban J connectivity index is 1.56. The summed E-state index contributed by atoms with van der Waals surface area (Å²) in [4.78, 5) is 27.8. The van der Waals surface area contributed by atoms with E-state index in [4.69, 9.17) is 0 Å². The van der Waals surface area contributed by atoms with Crippen LogP contribution in [0.5, 0.6) is 0 Å². The molecule has 0 spiro atoms. The first-order valence-electron chi connectivity index (χ1n) is 9.47. The van der Waals surface area contributed by atoms with Crippen LogP contribution in [-0.2, 0) is 16.1 Å². The summed E-state index contributed by atoms with van der Waals surface area (Å²) in [5.74, 6) is 0.823. The molecule has 3 rings (SSSR count). The summed E-state index contributed by atoms with van der Waals surface area (Å²) in [7, 11) is 1.92. The molecule has 2 aliphatic rings. The van der Waals surface area contributed by atoms with Gasteiger partial charge in [0, 0.05) is 18.6 Å². The monoisotopic (exact) mass is 344 g/mol. The normalized spacial score (nSPS) is 19.1. The molecule has 1 aromatic carbocycles. The molecule has 0 saturated heterocycles. The van der Waals surface area contributed by atoms with E-state index in [-0.39, 0.29) is 17.9 Å². The molecule has 1 unspecified atom stereocenters. The zero-order chi connectivity index (χ0) is 17.8. The number of hydrogen-bond acceptors (Lipinski definition) is 2. The lowest BCUT2D eigenvalue weighted by Crippen LogP contribution is -3.11. The van der Waals surface area contributed by atoms with Gasteiger partial charge in [-0.15, -0.1) is 0 Å². The van der Waals surface area contributed by atoms with Crippen molar-refractivity contribution in [1.29, 1.82) is 0 Å². The van der Waals surface area contributed by atoms with Crippen molar-refractivity contribution < 1.29 is 14.5 Å². The van der Waals surface area contributed by atoms with Crippen LogP contribution in [0.1, 0.15) is 38.2 Å². The maximum absolute atomic E-state index is 12.9. The van der Waals surface area contributed by atoms with Crippen molar-refractivity contribution >= 4 is 11.8 Å².